The molecule has 8 nitrogen and oxygen atoms in total. The van der Waals surface area contributed by atoms with Crippen LogP contribution in [0.25, 0.3) is 0 Å². The van der Waals surface area contributed by atoms with Crippen molar-refractivity contribution < 1.29 is 27.9 Å². The molecule has 2 heterocycles. The van der Waals surface area contributed by atoms with Crippen LogP contribution < -0.4 is 15.6 Å². The molecule has 2 saturated heterocycles. The molecule has 3 N–H and O–H groups in total. The lowest BCUT2D eigenvalue weighted by Gasteiger charge is -2.29. The molecule has 0 saturated carbocycles. The fourth-order valence-corrected chi connectivity index (χ4v) is 5.81. The Hall–Kier alpha value is -3.93. The van der Waals surface area contributed by atoms with Crippen LogP contribution in [0.3, 0.4) is 0 Å². The fourth-order valence-electron chi connectivity index (χ4n) is 5.59. The summed E-state index contributed by atoms with van der Waals surface area (Å²) in [5, 5.41) is 16.1. The number of alkyl halides is 3. The smallest absolute Gasteiger partial charge is 0.393 e. The second kappa shape index (κ2) is 14.4. The number of hydrazone groups is 1. The predicted molar refractivity (Wildman–Crippen MR) is 169 cm³/mol. The molecule has 0 aliphatic carbocycles. The number of aliphatic hydroxyl groups is 1. The molecule has 12 heteroatoms. The first-order chi connectivity index (χ1) is 21.6. The van der Waals surface area contributed by atoms with E-state index in [2.05, 4.69) is 25.6 Å². The van der Waals surface area contributed by atoms with Gasteiger partial charge in [0.25, 0.3) is 11.8 Å². The average molecular weight is 642 g/mol. The van der Waals surface area contributed by atoms with Gasteiger partial charge in [-0.25, -0.2) is 5.43 Å². The summed E-state index contributed by atoms with van der Waals surface area (Å²) in [5.74, 6) is -1.03. The van der Waals surface area contributed by atoms with Gasteiger partial charge in [0.05, 0.1) is 34.2 Å². The van der Waals surface area contributed by atoms with Crippen molar-refractivity contribution in [3.8, 4) is 0 Å². The quantitative estimate of drug-likeness (QED) is 0.198. The number of likely N-dealkylation sites (tertiary alicyclic amines) is 1. The second-order valence-corrected chi connectivity index (χ2v) is 11.8. The summed E-state index contributed by atoms with van der Waals surface area (Å²) in [6.07, 6.45) is 0.823. The van der Waals surface area contributed by atoms with Gasteiger partial charge < -0.3 is 15.3 Å². The van der Waals surface area contributed by atoms with Crippen molar-refractivity contribution >= 4 is 41.0 Å². The zero-order valence-corrected chi connectivity index (χ0v) is 25.4. The second-order valence-electron chi connectivity index (χ2n) is 11.4. The standard InChI is InChI=1S/C33H35ClF3N5O3/c34-29-9-7-22(18-28(29)33(35,36)37)20-38-40-32(45)27-19-25(42-13-2-1-3-14-42)8-10-30(27)39-31(44)24-6-4-5-23(17-24)21-41-15-11-26(43)12-16-41/h4-10,17-20,26,43H,1-3,11-16,21H2,(H,39,44)(H,40,45)/b38-20-. The van der Waals surface area contributed by atoms with E-state index >= 15 is 0 Å². The van der Waals surface area contributed by atoms with E-state index in [0.717, 1.165) is 87.9 Å². The summed E-state index contributed by atoms with van der Waals surface area (Å²) in [7, 11) is 0. The molecule has 0 bridgehead atoms. The average Bonchev–Trinajstić information content (AvgIpc) is 3.03. The van der Waals surface area contributed by atoms with Crippen LogP contribution in [0.5, 0.6) is 0 Å². The van der Waals surface area contributed by atoms with Gasteiger partial charge >= 0.3 is 6.18 Å². The van der Waals surface area contributed by atoms with E-state index in [1.54, 1.807) is 18.2 Å². The molecule has 0 unspecified atom stereocenters. The normalized spacial score (nSPS) is 16.6. The molecule has 3 aromatic carbocycles. The maximum atomic E-state index is 13.4. The molecule has 45 heavy (non-hydrogen) atoms. The van der Waals surface area contributed by atoms with Crippen LogP contribution in [-0.4, -0.2) is 60.3 Å². The number of carbonyl (C=O) groups excluding carboxylic acids is 2. The van der Waals surface area contributed by atoms with Gasteiger partial charge in [0.2, 0.25) is 0 Å². The molecule has 2 fully saturated rings. The lowest BCUT2D eigenvalue weighted by molar-refractivity contribution is -0.137. The Morgan fingerprint density at radius 3 is 2.44 bits per heavy atom. The Kier molecular flexibility index (Phi) is 10.4. The molecular weight excluding hydrogens is 607 g/mol. The fraction of sp³-hybridized carbons (Fsp3) is 0.364. The van der Waals surface area contributed by atoms with Gasteiger partial charge in [0.15, 0.2) is 0 Å². The number of rotatable bonds is 8. The van der Waals surface area contributed by atoms with Gasteiger partial charge in [-0.3, -0.25) is 14.5 Å². The van der Waals surface area contributed by atoms with Crippen molar-refractivity contribution in [2.24, 2.45) is 5.10 Å². The number of halogens is 4. The van der Waals surface area contributed by atoms with Gasteiger partial charge in [0, 0.05) is 44.0 Å². The van der Waals surface area contributed by atoms with E-state index < -0.39 is 28.6 Å². The summed E-state index contributed by atoms with van der Waals surface area (Å²) in [6.45, 7) is 3.90. The molecule has 2 aliphatic rings. The molecule has 2 aliphatic heterocycles. The molecule has 5 rings (SSSR count). The third-order valence-electron chi connectivity index (χ3n) is 8.05. The molecule has 0 radical (unpaired) electrons. The van der Waals surface area contributed by atoms with Crippen LogP contribution in [0.1, 0.15) is 69.5 Å². The number of benzene rings is 3. The SMILES string of the molecule is O=C(Nc1ccc(N2CCCCC2)cc1C(=O)N/N=C\c1ccc(Cl)c(C(F)(F)F)c1)c1cccc(CN2CCC(O)CC2)c1. The van der Waals surface area contributed by atoms with Crippen molar-refractivity contribution in [3.05, 3.63) is 93.5 Å². The maximum absolute atomic E-state index is 13.4. The Morgan fingerprint density at radius 2 is 1.71 bits per heavy atom. The molecule has 0 aromatic heterocycles. The minimum Gasteiger partial charge on any atom is -0.393 e. The van der Waals surface area contributed by atoms with Crippen molar-refractivity contribution in [1.82, 2.24) is 10.3 Å². The van der Waals surface area contributed by atoms with Crippen LogP contribution in [0.4, 0.5) is 24.5 Å². The summed E-state index contributed by atoms with van der Waals surface area (Å²) in [4.78, 5) is 31.1. The van der Waals surface area contributed by atoms with Gasteiger partial charge in [-0.1, -0.05) is 29.8 Å². The highest BCUT2D eigenvalue weighted by atomic mass is 35.5. The Bertz CT molecular complexity index is 1550. The number of hydrogen-bond donors (Lipinski definition) is 3. The highest BCUT2D eigenvalue weighted by Crippen LogP contribution is 2.35. The van der Waals surface area contributed by atoms with E-state index in [4.69, 9.17) is 11.6 Å². The Morgan fingerprint density at radius 1 is 0.956 bits per heavy atom. The third kappa shape index (κ3) is 8.62. The summed E-state index contributed by atoms with van der Waals surface area (Å²) in [5.41, 5.74) is 4.13. The molecular formula is C33H35ClF3N5O3. The molecule has 3 aromatic rings. The third-order valence-corrected chi connectivity index (χ3v) is 8.37. The van der Waals surface area contributed by atoms with E-state index in [-0.39, 0.29) is 22.9 Å². The topological polar surface area (TPSA) is 97.3 Å². The largest absolute Gasteiger partial charge is 0.417 e. The number of aliphatic hydroxyl groups excluding tert-OH is 1. The van der Waals surface area contributed by atoms with Gasteiger partial charge in [-0.2, -0.15) is 18.3 Å². The van der Waals surface area contributed by atoms with Gasteiger partial charge in [0.1, 0.15) is 0 Å². The summed E-state index contributed by atoms with van der Waals surface area (Å²) in [6, 6.07) is 15.8. The number of piperidine rings is 2. The lowest BCUT2D eigenvalue weighted by atomic mass is 10.0. The van der Waals surface area contributed by atoms with Crippen LogP contribution in [-0.2, 0) is 12.7 Å². The van der Waals surface area contributed by atoms with Gasteiger partial charge in [-0.05, 0) is 85.7 Å². The molecule has 2 amide bonds. The summed E-state index contributed by atoms with van der Waals surface area (Å²) < 4.78 is 39.8. The monoisotopic (exact) mass is 641 g/mol. The Labute approximate surface area is 264 Å². The number of amides is 2. The zero-order valence-electron chi connectivity index (χ0n) is 24.6. The van der Waals surface area contributed by atoms with E-state index in [0.29, 0.717) is 12.1 Å². The number of nitrogens with one attached hydrogen (secondary N) is 2. The zero-order chi connectivity index (χ0) is 32.0. The van der Waals surface area contributed by atoms with Crippen molar-refractivity contribution in [1.29, 1.82) is 0 Å². The van der Waals surface area contributed by atoms with Crippen LogP contribution in [0.2, 0.25) is 5.02 Å². The molecule has 0 atom stereocenters. The minimum absolute atomic E-state index is 0.100. The van der Waals surface area contributed by atoms with E-state index in [9.17, 15) is 27.9 Å². The van der Waals surface area contributed by atoms with Crippen molar-refractivity contribution in [2.75, 3.05) is 36.4 Å². The van der Waals surface area contributed by atoms with Gasteiger partial charge in [-0.15, -0.1) is 0 Å². The van der Waals surface area contributed by atoms with E-state index in [1.807, 2.05) is 24.3 Å². The van der Waals surface area contributed by atoms with Crippen LogP contribution >= 0.6 is 11.6 Å². The number of nitrogens with zero attached hydrogens (tertiary/aromatic N) is 3. The molecule has 238 valence electrons. The van der Waals surface area contributed by atoms with Crippen molar-refractivity contribution in [3.63, 3.8) is 0 Å². The van der Waals surface area contributed by atoms with Crippen LogP contribution in [0, 0.1) is 0 Å². The lowest BCUT2D eigenvalue weighted by Crippen LogP contribution is -2.35. The first-order valence-corrected chi connectivity index (χ1v) is 15.3. The highest BCUT2D eigenvalue weighted by Gasteiger charge is 2.33. The first kappa shape index (κ1) is 32.5. The van der Waals surface area contributed by atoms with E-state index in [1.165, 1.54) is 6.07 Å². The maximum Gasteiger partial charge on any atom is 0.417 e. The number of hydrogen-bond acceptors (Lipinski definition) is 6. The van der Waals surface area contributed by atoms with Crippen LogP contribution in [0.15, 0.2) is 65.8 Å². The number of carbonyl (C=O) groups is 2. The Balaban J connectivity index is 1.34. The highest BCUT2D eigenvalue weighted by molar-refractivity contribution is 6.31. The first-order valence-electron chi connectivity index (χ1n) is 15.0. The predicted octanol–water partition coefficient (Wildman–Crippen LogP) is 6.32. The minimum atomic E-state index is -4.64. The molecule has 0 spiro atoms. The number of anilines is 2. The van der Waals surface area contributed by atoms with Crippen molar-refractivity contribution in [2.45, 2.75) is 50.9 Å². The summed E-state index contributed by atoms with van der Waals surface area (Å²) >= 11 is 5.70.